The summed E-state index contributed by atoms with van der Waals surface area (Å²) in [5.74, 6) is -2.97. The molecule has 0 bridgehead atoms. The molecule has 1 saturated heterocycles. The van der Waals surface area contributed by atoms with Crippen LogP contribution in [0.2, 0.25) is 0 Å². The molecule has 8 heteroatoms. The minimum Gasteiger partial charge on any atom is -0.612 e. The molecule has 0 saturated carbocycles. The number of alkyl halides is 2. The maximum atomic E-state index is 15.5. The Balaban J connectivity index is 1.21. The summed E-state index contributed by atoms with van der Waals surface area (Å²) < 4.78 is 44.4. The van der Waals surface area contributed by atoms with Crippen molar-refractivity contribution in [2.24, 2.45) is 0 Å². The maximum Gasteiger partial charge on any atom is 0.291 e. The summed E-state index contributed by atoms with van der Waals surface area (Å²) in [5.41, 5.74) is 5.19. The van der Waals surface area contributed by atoms with E-state index >= 15 is 8.78 Å². The van der Waals surface area contributed by atoms with Crippen LogP contribution in [-0.4, -0.2) is 46.5 Å². The second-order valence-corrected chi connectivity index (χ2v) is 12.3. The van der Waals surface area contributed by atoms with Crippen LogP contribution in [0.25, 0.3) is 22.2 Å². The Hall–Kier alpha value is -2.91. The lowest BCUT2D eigenvalue weighted by Gasteiger charge is -2.29. The van der Waals surface area contributed by atoms with Crippen molar-refractivity contribution in [1.29, 1.82) is 0 Å². The summed E-state index contributed by atoms with van der Waals surface area (Å²) in [6, 6.07) is 21.5. The monoisotopic (exact) mass is 548 g/mol. The Morgan fingerprint density at radius 2 is 1.67 bits per heavy atom. The van der Waals surface area contributed by atoms with Gasteiger partial charge in [-0.2, -0.15) is 8.78 Å². The number of fused-ring (bicyclic) bond motifs is 5. The fourth-order valence-corrected chi connectivity index (χ4v) is 6.30. The molecule has 1 aromatic heterocycles. The number of nitrogens with one attached hydrogen (secondary N) is 2. The fraction of sp³-hybridized carbons (Fsp3) is 0.355. The van der Waals surface area contributed by atoms with E-state index in [4.69, 9.17) is 0 Å². The first-order valence-corrected chi connectivity index (χ1v) is 15.1. The molecule has 2 aliphatic rings. The number of halogens is 2. The van der Waals surface area contributed by atoms with Crippen LogP contribution in [0, 0.1) is 0 Å². The number of hydrogen-bond donors (Lipinski definition) is 2. The van der Waals surface area contributed by atoms with Crippen LogP contribution >= 0.6 is 0 Å². The van der Waals surface area contributed by atoms with Gasteiger partial charge in [0.15, 0.2) is 4.90 Å². The van der Waals surface area contributed by atoms with Gasteiger partial charge in [-0.1, -0.05) is 18.2 Å². The highest BCUT2D eigenvalue weighted by Gasteiger charge is 2.40. The van der Waals surface area contributed by atoms with Crippen LogP contribution < -0.4 is 10.6 Å². The molecule has 204 valence electrons. The van der Waals surface area contributed by atoms with Gasteiger partial charge < -0.3 is 24.7 Å². The van der Waals surface area contributed by atoms with Gasteiger partial charge in [-0.25, -0.2) is 0 Å². The first kappa shape index (κ1) is 26.3. The molecule has 6 rings (SSSR count). The van der Waals surface area contributed by atoms with Crippen LogP contribution in [0.15, 0.2) is 71.6 Å². The normalized spacial score (nSPS) is 18.1. The van der Waals surface area contributed by atoms with E-state index in [1.165, 1.54) is 5.56 Å². The summed E-state index contributed by atoms with van der Waals surface area (Å²) in [5, 5.41) is 7.97. The molecule has 0 spiro atoms. The second-order valence-electron chi connectivity index (χ2n) is 10.9. The molecule has 3 aromatic carbocycles. The third-order valence-electron chi connectivity index (χ3n) is 8.07. The lowest BCUT2D eigenvalue weighted by Crippen LogP contribution is -2.40. The van der Waals surface area contributed by atoms with E-state index in [0.717, 1.165) is 65.2 Å². The first-order chi connectivity index (χ1) is 18.8. The van der Waals surface area contributed by atoms with Crippen LogP contribution in [0.4, 0.5) is 14.5 Å². The molecule has 0 radical (unpaired) electrons. The van der Waals surface area contributed by atoms with E-state index in [0.29, 0.717) is 18.2 Å². The average Bonchev–Trinajstić information content (AvgIpc) is 3.28. The van der Waals surface area contributed by atoms with E-state index in [1.54, 1.807) is 16.9 Å². The predicted octanol–water partition coefficient (Wildman–Crippen LogP) is 5.95. The minimum absolute atomic E-state index is 0.0815. The summed E-state index contributed by atoms with van der Waals surface area (Å²) in [6.07, 6.45) is 3.94. The van der Waals surface area contributed by atoms with Crippen LogP contribution in [-0.2, 0) is 36.7 Å². The van der Waals surface area contributed by atoms with Crippen molar-refractivity contribution in [3.8, 4) is 11.3 Å². The average molecular weight is 549 g/mol. The molecule has 2 aliphatic heterocycles. The zero-order valence-corrected chi connectivity index (χ0v) is 23.2. The molecule has 5 nitrogen and oxygen atoms in total. The highest BCUT2D eigenvalue weighted by molar-refractivity contribution is 7.90. The number of benzene rings is 3. The van der Waals surface area contributed by atoms with Gasteiger partial charge in [0.25, 0.3) is 5.92 Å². The van der Waals surface area contributed by atoms with Crippen molar-refractivity contribution in [2.45, 2.75) is 49.3 Å². The van der Waals surface area contributed by atoms with Crippen molar-refractivity contribution >= 4 is 27.8 Å². The van der Waals surface area contributed by atoms with Gasteiger partial charge in [-0.05, 0) is 104 Å². The molecule has 39 heavy (non-hydrogen) atoms. The fourth-order valence-electron chi connectivity index (χ4n) is 5.78. The van der Waals surface area contributed by atoms with Gasteiger partial charge >= 0.3 is 0 Å². The molecule has 3 heterocycles. The molecule has 1 fully saturated rings. The zero-order chi connectivity index (χ0) is 27.1. The summed E-state index contributed by atoms with van der Waals surface area (Å²) >= 11 is -1.03. The van der Waals surface area contributed by atoms with Crippen LogP contribution in [0.3, 0.4) is 0 Å². The second kappa shape index (κ2) is 10.6. The van der Waals surface area contributed by atoms with Crippen molar-refractivity contribution in [1.82, 2.24) is 14.8 Å². The number of rotatable bonds is 7. The third kappa shape index (κ3) is 5.43. The van der Waals surface area contributed by atoms with E-state index in [2.05, 4.69) is 40.8 Å². The van der Waals surface area contributed by atoms with E-state index < -0.39 is 17.1 Å². The number of hydrogen-bond acceptors (Lipinski definition) is 4. The summed E-state index contributed by atoms with van der Waals surface area (Å²) in [6.45, 7) is 3.08. The quantitative estimate of drug-likeness (QED) is 0.281. The molecule has 1 unspecified atom stereocenters. The van der Waals surface area contributed by atoms with Crippen molar-refractivity contribution in [2.75, 3.05) is 31.7 Å². The molecule has 0 amide bonds. The Morgan fingerprint density at radius 3 is 2.41 bits per heavy atom. The van der Waals surface area contributed by atoms with Crippen molar-refractivity contribution in [3.05, 3.63) is 83.4 Å². The Morgan fingerprint density at radius 1 is 0.949 bits per heavy atom. The van der Waals surface area contributed by atoms with E-state index in [1.807, 2.05) is 42.5 Å². The largest absolute Gasteiger partial charge is 0.612 e. The first-order valence-electron chi connectivity index (χ1n) is 13.5. The van der Waals surface area contributed by atoms with Crippen LogP contribution in [0.1, 0.15) is 29.5 Å². The lowest BCUT2D eigenvalue weighted by molar-refractivity contribution is -0.0231. The third-order valence-corrected chi connectivity index (χ3v) is 9.01. The van der Waals surface area contributed by atoms with Gasteiger partial charge in [-0.3, -0.25) is 0 Å². The lowest BCUT2D eigenvalue weighted by atomic mass is 9.93. The van der Waals surface area contributed by atoms with E-state index in [-0.39, 0.29) is 12.1 Å². The number of nitrogens with zero attached hydrogens (tertiary/aromatic N) is 2. The smallest absolute Gasteiger partial charge is 0.291 e. The van der Waals surface area contributed by atoms with Gasteiger partial charge in [0.05, 0.1) is 6.54 Å². The predicted molar refractivity (Wildman–Crippen MR) is 155 cm³/mol. The topological polar surface area (TPSA) is 55.3 Å². The highest BCUT2D eigenvalue weighted by atomic mass is 32.2. The Labute approximate surface area is 231 Å². The van der Waals surface area contributed by atoms with Gasteiger partial charge in [0, 0.05) is 52.5 Å². The number of likely N-dealkylation sites (tertiary alicyclic amines) is 1. The number of aromatic nitrogens is 1. The minimum atomic E-state index is -2.97. The van der Waals surface area contributed by atoms with Gasteiger partial charge in [-0.15, -0.1) is 0 Å². The molecule has 1 atom stereocenters. The summed E-state index contributed by atoms with van der Waals surface area (Å²) in [7, 11) is 2.16. The van der Waals surface area contributed by atoms with Crippen molar-refractivity contribution < 1.29 is 13.3 Å². The molecule has 2 N–H and O–H groups in total. The number of piperidine rings is 1. The van der Waals surface area contributed by atoms with Gasteiger partial charge in [0.1, 0.15) is 6.26 Å². The van der Waals surface area contributed by atoms with Crippen LogP contribution in [0.5, 0.6) is 0 Å². The van der Waals surface area contributed by atoms with Gasteiger partial charge in [0.2, 0.25) is 0 Å². The standard InChI is InChI=1S/C31H34F2N4OS/c1-36-13-11-25(12-14-36)35-18-21-4-10-29-23(15-21)17-30-27-9-3-22(16-28(27)31(32,33)20-37(29)30)19-34-24-5-7-26(8-6-24)39(2)38/h3-10,15-17,25,34-35H,11-14,18-20H2,1-2H3. The Kier molecular flexibility index (Phi) is 7.14. The molecule has 4 aromatic rings. The summed E-state index contributed by atoms with van der Waals surface area (Å²) in [4.78, 5) is 3.11. The molecular formula is C31H34F2N4OS. The Bertz CT molecular complexity index is 1480. The maximum absolute atomic E-state index is 15.5. The van der Waals surface area contributed by atoms with E-state index in [9.17, 15) is 4.55 Å². The SMILES string of the molecule is CN1CCC(NCc2ccc3c(c2)cc2n3CC(F)(F)c3cc(CNc4ccc([S+](C)[O-])cc4)ccc3-2)CC1. The van der Waals surface area contributed by atoms with Crippen molar-refractivity contribution in [3.63, 3.8) is 0 Å². The zero-order valence-electron chi connectivity index (χ0n) is 22.3. The molecule has 0 aliphatic carbocycles. The molecular weight excluding hydrogens is 514 g/mol. The highest BCUT2D eigenvalue weighted by Crippen LogP contribution is 2.45. The number of anilines is 1.